The molecule has 15 heavy (non-hydrogen) atoms. The van der Waals surface area contributed by atoms with Crippen molar-refractivity contribution in [3.63, 3.8) is 0 Å². The summed E-state index contributed by atoms with van der Waals surface area (Å²) < 4.78 is 0. The Bertz CT molecular complexity index is 204. The van der Waals surface area contributed by atoms with E-state index < -0.39 is 0 Å². The number of amides is 1. The van der Waals surface area contributed by atoms with Crippen molar-refractivity contribution in [3.05, 3.63) is 0 Å². The number of nitrogens with zero attached hydrogens (tertiary/aromatic N) is 1. The SMILES string of the molecule is CCCCC(=O)N1CCNCC1C(C)C. The summed E-state index contributed by atoms with van der Waals surface area (Å²) in [7, 11) is 0. The van der Waals surface area contributed by atoms with Crippen molar-refractivity contribution in [2.75, 3.05) is 19.6 Å². The van der Waals surface area contributed by atoms with Gasteiger partial charge in [0.2, 0.25) is 5.91 Å². The summed E-state index contributed by atoms with van der Waals surface area (Å²) in [4.78, 5) is 14.1. The molecule has 0 aromatic carbocycles. The second-order valence-electron chi connectivity index (χ2n) is 4.71. The zero-order valence-corrected chi connectivity index (χ0v) is 10.3. The third kappa shape index (κ3) is 3.49. The molecule has 3 nitrogen and oxygen atoms in total. The van der Waals surface area contributed by atoms with Crippen LogP contribution in [0.3, 0.4) is 0 Å². The molecule has 1 heterocycles. The van der Waals surface area contributed by atoms with Crippen molar-refractivity contribution in [1.29, 1.82) is 0 Å². The molecule has 1 saturated heterocycles. The molecule has 88 valence electrons. The van der Waals surface area contributed by atoms with Gasteiger partial charge < -0.3 is 10.2 Å². The Morgan fingerprint density at radius 2 is 2.27 bits per heavy atom. The molecule has 1 aliphatic rings. The quantitative estimate of drug-likeness (QED) is 0.768. The average Bonchev–Trinajstić information content (AvgIpc) is 2.25. The highest BCUT2D eigenvalue weighted by molar-refractivity contribution is 5.76. The van der Waals surface area contributed by atoms with Gasteiger partial charge in [-0.25, -0.2) is 0 Å². The van der Waals surface area contributed by atoms with Crippen LogP contribution >= 0.6 is 0 Å². The molecule has 0 aliphatic carbocycles. The molecule has 3 heteroatoms. The van der Waals surface area contributed by atoms with Crippen LogP contribution in [0.2, 0.25) is 0 Å². The van der Waals surface area contributed by atoms with E-state index in [1.165, 1.54) is 0 Å². The van der Waals surface area contributed by atoms with Crippen molar-refractivity contribution in [2.45, 2.75) is 46.1 Å². The normalized spacial score (nSPS) is 22.1. The molecule has 0 radical (unpaired) electrons. The number of carbonyl (C=O) groups excluding carboxylic acids is 1. The molecular weight excluding hydrogens is 188 g/mol. The molecule has 0 aromatic heterocycles. The van der Waals surface area contributed by atoms with E-state index in [2.05, 4.69) is 31.0 Å². The molecule has 1 atom stereocenters. The topological polar surface area (TPSA) is 32.3 Å². The van der Waals surface area contributed by atoms with E-state index >= 15 is 0 Å². The monoisotopic (exact) mass is 212 g/mol. The number of unbranched alkanes of at least 4 members (excludes halogenated alkanes) is 1. The summed E-state index contributed by atoms with van der Waals surface area (Å²) in [6, 6.07) is 0.392. The number of nitrogens with one attached hydrogen (secondary N) is 1. The van der Waals surface area contributed by atoms with Crippen LogP contribution in [0.4, 0.5) is 0 Å². The van der Waals surface area contributed by atoms with Gasteiger partial charge in [0.1, 0.15) is 0 Å². The fourth-order valence-electron chi connectivity index (χ4n) is 2.10. The second-order valence-corrected chi connectivity index (χ2v) is 4.71. The van der Waals surface area contributed by atoms with Crippen LogP contribution in [0.5, 0.6) is 0 Å². The first-order chi connectivity index (χ1) is 7.16. The van der Waals surface area contributed by atoms with Crippen molar-refractivity contribution >= 4 is 5.91 Å². The Morgan fingerprint density at radius 1 is 1.53 bits per heavy atom. The first-order valence-corrected chi connectivity index (χ1v) is 6.17. The van der Waals surface area contributed by atoms with Crippen LogP contribution in [0.1, 0.15) is 40.0 Å². The van der Waals surface area contributed by atoms with E-state index in [9.17, 15) is 4.79 Å². The van der Waals surface area contributed by atoms with Gasteiger partial charge in [0.15, 0.2) is 0 Å². The Morgan fingerprint density at radius 3 is 2.87 bits per heavy atom. The second kappa shape index (κ2) is 6.11. The van der Waals surface area contributed by atoms with E-state index in [0.29, 0.717) is 17.9 Å². The molecule has 1 unspecified atom stereocenters. The van der Waals surface area contributed by atoms with Gasteiger partial charge in [-0.15, -0.1) is 0 Å². The number of piperazine rings is 1. The third-order valence-electron chi connectivity index (χ3n) is 3.12. The number of hydrogen-bond acceptors (Lipinski definition) is 2. The van der Waals surface area contributed by atoms with Crippen molar-refractivity contribution in [2.24, 2.45) is 5.92 Å². The lowest BCUT2D eigenvalue weighted by Crippen LogP contribution is -2.55. The van der Waals surface area contributed by atoms with Gasteiger partial charge in [0, 0.05) is 32.1 Å². The number of rotatable bonds is 4. The molecule has 1 amide bonds. The molecular formula is C12H24N2O. The number of hydrogen-bond donors (Lipinski definition) is 1. The summed E-state index contributed by atoms with van der Waals surface area (Å²) >= 11 is 0. The predicted octanol–water partition coefficient (Wildman–Crippen LogP) is 1.63. The maximum absolute atomic E-state index is 12.0. The summed E-state index contributed by atoms with van der Waals surface area (Å²) in [6.07, 6.45) is 2.84. The van der Waals surface area contributed by atoms with E-state index in [0.717, 1.165) is 38.9 Å². The minimum Gasteiger partial charge on any atom is -0.337 e. The minimum absolute atomic E-state index is 0.344. The number of carbonyl (C=O) groups is 1. The maximum atomic E-state index is 12.0. The maximum Gasteiger partial charge on any atom is 0.222 e. The van der Waals surface area contributed by atoms with Gasteiger partial charge >= 0.3 is 0 Å². The third-order valence-corrected chi connectivity index (χ3v) is 3.12. The zero-order valence-electron chi connectivity index (χ0n) is 10.3. The highest BCUT2D eigenvalue weighted by Gasteiger charge is 2.27. The lowest BCUT2D eigenvalue weighted by atomic mass is 10.00. The Hall–Kier alpha value is -0.570. The van der Waals surface area contributed by atoms with Gasteiger partial charge in [-0.2, -0.15) is 0 Å². The van der Waals surface area contributed by atoms with E-state index in [-0.39, 0.29) is 0 Å². The van der Waals surface area contributed by atoms with Gasteiger partial charge in [-0.05, 0) is 12.3 Å². The minimum atomic E-state index is 0.344. The van der Waals surface area contributed by atoms with Crippen LogP contribution in [-0.2, 0) is 4.79 Å². The molecule has 1 aliphatic heterocycles. The largest absolute Gasteiger partial charge is 0.337 e. The van der Waals surface area contributed by atoms with Crippen LogP contribution in [0, 0.1) is 5.92 Å². The molecule has 0 bridgehead atoms. The Kier molecular flexibility index (Phi) is 5.09. The smallest absolute Gasteiger partial charge is 0.222 e. The summed E-state index contributed by atoms with van der Waals surface area (Å²) in [5.74, 6) is 0.889. The van der Waals surface area contributed by atoms with E-state index in [1.807, 2.05) is 0 Å². The average molecular weight is 212 g/mol. The molecule has 0 saturated carbocycles. The molecule has 1 fully saturated rings. The summed E-state index contributed by atoms with van der Waals surface area (Å²) in [6.45, 7) is 9.29. The van der Waals surface area contributed by atoms with Gasteiger partial charge in [-0.3, -0.25) is 4.79 Å². The van der Waals surface area contributed by atoms with Gasteiger partial charge in [0.25, 0.3) is 0 Å². The van der Waals surface area contributed by atoms with Crippen molar-refractivity contribution in [1.82, 2.24) is 10.2 Å². The van der Waals surface area contributed by atoms with E-state index in [1.54, 1.807) is 0 Å². The van der Waals surface area contributed by atoms with Crippen LogP contribution < -0.4 is 5.32 Å². The molecule has 0 aromatic rings. The Balaban J connectivity index is 2.51. The van der Waals surface area contributed by atoms with Crippen LogP contribution in [0.25, 0.3) is 0 Å². The molecule has 1 N–H and O–H groups in total. The Labute approximate surface area is 93.2 Å². The summed E-state index contributed by atoms with van der Waals surface area (Å²) in [5.41, 5.74) is 0. The van der Waals surface area contributed by atoms with Crippen molar-refractivity contribution < 1.29 is 4.79 Å². The van der Waals surface area contributed by atoms with Crippen LogP contribution in [0.15, 0.2) is 0 Å². The van der Waals surface area contributed by atoms with Crippen molar-refractivity contribution in [3.8, 4) is 0 Å². The molecule has 0 spiro atoms. The predicted molar refractivity (Wildman–Crippen MR) is 62.7 cm³/mol. The van der Waals surface area contributed by atoms with Gasteiger partial charge in [-0.1, -0.05) is 27.2 Å². The first-order valence-electron chi connectivity index (χ1n) is 6.17. The first kappa shape index (κ1) is 12.5. The van der Waals surface area contributed by atoms with E-state index in [4.69, 9.17) is 0 Å². The van der Waals surface area contributed by atoms with Gasteiger partial charge in [0.05, 0.1) is 0 Å². The highest BCUT2D eigenvalue weighted by Crippen LogP contribution is 2.14. The van der Waals surface area contributed by atoms with Crippen LogP contribution in [-0.4, -0.2) is 36.5 Å². The standard InChI is InChI=1S/C12H24N2O/c1-4-5-6-12(15)14-8-7-13-9-11(14)10(2)3/h10-11,13H,4-9H2,1-3H3. The fourth-order valence-corrected chi connectivity index (χ4v) is 2.10. The lowest BCUT2D eigenvalue weighted by Gasteiger charge is -2.38. The lowest BCUT2D eigenvalue weighted by molar-refractivity contribution is -0.135. The molecule has 1 rings (SSSR count). The summed E-state index contributed by atoms with van der Waals surface area (Å²) in [5, 5.41) is 3.36. The highest BCUT2D eigenvalue weighted by atomic mass is 16.2. The zero-order chi connectivity index (χ0) is 11.3. The fraction of sp³-hybridized carbons (Fsp3) is 0.917.